The molecule has 3 heterocycles. The van der Waals surface area contributed by atoms with Gasteiger partial charge in [0, 0.05) is 29.2 Å². The summed E-state index contributed by atoms with van der Waals surface area (Å²) in [5.74, 6) is 0.245. The van der Waals surface area contributed by atoms with Gasteiger partial charge < -0.3 is 20.2 Å². The summed E-state index contributed by atoms with van der Waals surface area (Å²) in [6.07, 6.45) is 4.74. The molecule has 2 amide bonds. The van der Waals surface area contributed by atoms with Gasteiger partial charge in [-0.15, -0.1) is 0 Å². The van der Waals surface area contributed by atoms with Crippen molar-refractivity contribution in [3.8, 4) is 34.0 Å². The second-order valence-corrected chi connectivity index (χ2v) is 8.76. The molecule has 38 heavy (non-hydrogen) atoms. The number of anilines is 1. The number of benzene rings is 2. The van der Waals surface area contributed by atoms with Gasteiger partial charge in [-0.2, -0.15) is 0 Å². The van der Waals surface area contributed by atoms with E-state index in [0.717, 1.165) is 28.2 Å². The number of nitrogens with one attached hydrogen (secondary N) is 1. The first-order valence-electron chi connectivity index (χ1n) is 11.9. The van der Waals surface area contributed by atoms with Crippen LogP contribution in [-0.4, -0.2) is 26.2 Å². The van der Waals surface area contributed by atoms with Gasteiger partial charge in [0.05, 0.1) is 28.7 Å². The fraction of sp³-hybridized carbons (Fsp3) is 0.0667. The highest BCUT2D eigenvalue weighted by atomic mass is 16.5. The summed E-state index contributed by atoms with van der Waals surface area (Å²) >= 11 is 0. The predicted molar refractivity (Wildman–Crippen MR) is 147 cm³/mol. The number of aryl methyl sites for hydroxylation is 2. The Kier molecular flexibility index (Phi) is 6.45. The predicted octanol–water partition coefficient (Wildman–Crippen LogP) is 5.70. The van der Waals surface area contributed by atoms with Gasteiger partial charge in [-0.3, -0.25) is 14.6 Å². The minimum atomic E-state index is -0.562. The summed E-state index contributed by atoms with van der Waals surface area (Å²) in [5, 5.41) is 2.75. The molecule has 0 fully saturated rings. The Balaban J connectivity index is 1.64. The fourth-order valence-corrected chi connectivity index (χ4v) is 4.36. The molecule has 0 atom stereocenters. The maximum Gasteiger partial charge on any atom is 0.251 e. The fourth-order valence-electron chi connectivity index (χ4n) is 4.36. The summed E-state index contributed by atoms with van der Waals surface area (Å²) in [7, 11) is 0. The van der Waals surface area contributed by atoms with E-state index in [-0.39, 0.29) is 5.91 Å². The minimum absolute atomic E-state index is 0.299. The standard InChI is InChI=1S/C30H25N5O3/c1-4-25(36)34-22-12-8-21(9-13-22)29-27(28(30(31)37)24-16-32-19(3)17-35(24)29)20-10-14-23(15-11-20)38-26-7-5-6-18(2)33-26/h4-17H,1H2,2-3H3,(H2,31,37)(H,34,36). The topological polar surface area (TPSA) is 112 Å². The molecular formula is C30H25N5O3. The molecule has 3 N–H and O–H groups in total. The van der Waals surface area contributed by atoms with Crippen LogP contribution >= 0.6 is 0 Å². The van der Waals surface area contributed by atoms with E-state index in [1.165, 1.54) is 6.08 Å². The molecule has 5 aromatic rings. The van der Waals surface area contributed by atoms with Crippen molar-refractivity contribution in [1.29, 1.82) is 0 Å². The second-order valence-electron chi connectivity index (χ2n) is 8.76. The Morgan fingerprint density at radius 1 is 0.974 bits per heavy atom. The number of primary amides is 1. The van der Waals surface area contributed by atoms with Crippen LogP contribution in [0.1, 0.15) is 21.7 Å². The van der Waals surface area contributed by atoms with Crippen LogP contribution < -0.4 is 15.8 Å². The van der Waals surface area contributed by atoms with Crippen molar-refractivity contribution in [2.75, 3.05) is 5.32 Å². The number of hydrogen-bond acceptors (Lipinski definition) is 5. The monoisotopic (exact) mass is 503 g/mol. The van der Waals surface area contributed by atoms with Crippen molar-refractivity contribution in [1.82, 2.24) is 14.4 Å². The molecule has 0 radical (unpaired) electrons. The Bertz CT molecular complexity index is 1690. The van der Waals surface area contributed by atoms with E-state index < -0.39 is 5.91 Å². The molecule has 0 spiro atoms. The molecular weight excluding hydrogens is 478 g/mol. The highest BCUT2D eigenvalue weighted by molar-refractivity contribution is 6.10. The van der Waals surface area contributed by atoms with Crippen LogP contribution in [0.25, 0.3) is 27.9 Å². The quantitative estimate of drug-likeness (QED) is 0.277. The van der Waals surface area contributed by atoms with Gasteiger partial charge in [-0.25, -0.2) is 4.98 Å². The Labute approximate surface area is 219 Å². The number of rotatable bonds is 7. The van der Waals surface area contributed by atoms with E-state index in [9.17, 15) is 9.59 Å². The number of amides is 2. The van der Waals surface area contributed by atoms with E-state index in [1.54, 1.807) is 24.4 Å². The van der Waals surface area contributed by atoms with Crippen LogP contribution in [0.2, 0.25) is 0 Å². The first kappa shape index (κ1) is 24.5. The zero-order valence-electron chi connectivity index (χ0n) is 20.9. The highest BCUT2D eigenvalue weighted by Crippen LogP contribution is 2.40. The second kappa shape index (κ2) is 10.0. The number of hydrogen-bond donors (Lipinski definition) is 2. The molecule has 0 unspecified atom stereocenters. The number of ether oxygens (including phenoxy) is 1. The number of nitrogens with two attached hydrogens (primary N) is 1. The Morgan fingerprint density at radius 3 is 2.34 bits per heavy atom. The van der Waals surface area contributed by atoms with Gasteiger partial charge in [-0.05, 0) is 61.4 Å². The Hall–Kier alpha value is -5.24. The molecule has 3 aromatic heterocycles. The van der Waals surface area contributed by atoms with Crippen LogP contribution in [0.5, 0.6) is 11.6 Å². The van der Waals surface area contributed by atoms with Gasteiger partial charge in [0.1, 0.15) is 5.75 Å². The lowest BCUT2D eigenvalue weighted by atomic mass is 9.96. The van der Waals surface area contributed by atoms with E-state index in [4.69, 9.17) is 10.5 Å². The number of carbonyl (C=O) groups is 2. The molecule has 0 saturated carbocycles. The number of pyridine rings is 1. The van der Waals surface area contributed by atoms with Crippen LogP contribution in [-0.2, 0) is 4.79 Å². The maximum atomic E-state index is 12.8. The lowest BCUT2D eigenvalue weighted by molar-refractivity contribution is -0.111. The number of fused-ring (bicyclic) bond motifs is 1. The summed E-state index contributed by atoms with van der Waals surface area (Å²) in [4.78, 5) is 33.3. The number of nitrogens with zero attached hydrogens (tertiary/aromatic N) is 3. The van der Waals surface area contributed by atoms with Gasteiger partial charge >= 0.3 is 0 Å². The molecule has 0 saturated heterocycles. The smallest absolute Gasteiger partial charge is 0.251 e. The molecule has 8 heteroatoms. The van der Waals surface area contributed by atoms with Gasteiger partial charge in [-0.1, -0.05) is 36.9 Å². The average molecular weight is 504 g/mol. The largest absolute Gasteiger partial charge is 0.439 e. The lowest BCUT2D eigenvalue weighted by Gasteiger charge is -2.11. The first-order chi connectivity index (χ1) is 18.3. The highest BCUT2D eigenvalue weighted by Gasteiger charge is 2.24. The summed E-state index contributed by atoms with van der Waals surface area (Å²) < 4.78 is 7.84. The average Bonchev–Trinajstić information content (AvgIpc) is 3.24. The first-order valence-corrected chi connectivity index (χ1v) is 11.9. The summed E-state index contributed by atoms with van der Waals surface area (Å²) in [6.45, 7) is 7.27. The van der Waals surface area contributed by atoms with Crippen LogP contribution in [0.4, 0.5) is 5.69 Å². The zero-order valence-corrected chi connectivity index (χ0v) is 20.9. The third-order valence-corrected chi connectivity index (χ3v) is 6.04. The van der Waals surface area contributed by atoms with Gasteiger partial charge in [0.25, 0.3) is 5.91 Å². The molecule has 0 aliphatic carbocycles. The summed E-state index contributed by atoms with van der Waals surface area (Å²) in [5.41, 5.74) is 12.2. The molecule has 0 aliphatic heterocycles. The maximum absolute atomic E-state index is 12.8. The Morgan fingerprint density at radius 2 is 1.68 bits per heavy atom. The number of aromatic nitrogens is 3. The van der Waals surface area contributed by atoms with Crippen molar-refractivity contribution >= 4 is 23.0 Å². The molecule has 2 aromatic carbocycles. The van der Waals surface area contributed by atoms with Crippen molar-refractivity contribution in [2.45, 2.75) is 13.8 Å². The van der Waals surface area contributed by atoms with Gasteiger partial charge in [0.2, 0.25) is 11.8 Å². The molecule has 0 bridgehead atoms. The van der Waals surface area contributed by atoms with Crippen LogP contribution in [0.3, 0.4) is 0 Å². The third-order valence-electron chi connectivity index (χ3n) is 6.04. The van der Waals surface area contributed by atoms with E-state index in [0.29, 0.717) is 34.0 Å². The van der Waals surface area contributed by atoms with E-state index >= 15 is 0 Å². The van der Waals surface area contributed by atoms with Crippen molar-refractivity contribution in [3.05, 3.63) is 109 Å². The van der Waals surface area contributed by atoms with E-state index in [1.807, 2.05) is 73.0 Å². The molecule has 8 nitrogen and oxygen atoms in total. The number of carbonyl (C=O) groups excluding carboxylic acids is 2. The van der Waals surface area contributed by atoms with Crippen molar-refractivity contribution < 1.29 is 14.3 Å². The molecule has 188 valence electrons. The minimum Gasteiger partial charge on any atom is -0.439 e. The van der Waals surface area contributed by atoms with Crippen molar-refractivity contribution in [3.63, 3.8) is 0 Å². The molecule has 5 rings (SSSR count). The van der Waals surface area contributed by atoms with Crippen molar-refractivity contribution in [2.24, 2.45) is 5.73 Å². The van der Waals surface area contributed by atoms with E-state index in [2.05, 4.69) is 21.9 Å². The normalized spacial score (nSPS) is 10.8. The lowest BCUT2D eigenvalue weighted by Crippen LogP contribution is -2.12. The molecule has 0 aliphatic rings. The van der Waals surface area contributed by atoms with Crippen LogP contribution in [0.15, 0.2) is 91.8 Å². The SMILES string of the molecule is C=CC(=O)Nc1ccc(-c2c(-c3ccc(Oc4cccc(C)n4)cc3)c(C(N)=O)c3cnc(C)cn23)cc1. The van der Waals surface area contributed by atoms with Crippen LogP contribution in [0, 0.1) is 13.8 Å². The third kappa shape index (κ3) is 4.75. The van der Waals surface area contributed by atoms with Gasteiger partial charge in [0.15, 0.2) is 0 Å². The zero-order chi connectivity index (χ0) is 26.8. The summed E-state index contributed by atoms with van der Waals surface area (Å²) in [6, 6.07) is 20.3.